The number of carboxylic acids is 1. The first-order chi connectivity index (χ1) is 11.3. The van der Waals surface area contributed by atoms with Crippen LogP contribution in [0.15, 0.2) is 6.33 Å². The van der Waals surface area contributed by atoms with E-state index < -0.39 is 5.97 Å². The average molecular weight is 351 g/mol. The highest BCUT2D eigenvalue weighted by Crippen LogP contribution is 2.35. The number of fused-ring (bicyclic) bond motifs is 1. The van der Waals surface area contributed by atoms with Gasteiger partial charge < -0.3 is 14.7 Å². The molecule has 2 aromatic rings. The van der Waals surface area contributed by atoms with E-state index in [9.17, 15) is 9.59 Å². The summed E-state index contributed by atoms with van der Waals surface area (Å²) >= 11 is 1.27. The van der Waals surface area contributed by atoms with Gasteiger partial charge in [0.1, 0.15) is 21.9 Å². The maximum absolute atomic E-state index is 12.3. The second-order valence-electron chi connectivity index (χ2n) is 5.99. The van der Waals surface area contributed by atoms with E-state index in [-0.39, 0.29) is 18.3 Å². The Morgan fingerprint density at radius 3 is 2.71 bits per heavy atom. The van der Waals surface area contributed by atoms with Crippen LogP contribution in [-0.2, 0) is 9.53 Å². The molecule has 0 aliphatic rings. The third kappa shape index (κ3) is 4.00. The van der Waals surface area contributed by atoms with Crippen molar-refractivity contribution in [2.75, 3.05) is 25.1 Å². The molecular weight excluding hydrogens is 330 g/mol. The van der Waals surface area contributed by atoms with Gasteiger partial charge in [0.15, 0.2) is 0 Å². The summed E-state index contributed by atoms with van der Waals surface area (Å²) < 4.78 is 5.31. The minimum absolute atomic E-state index is 0.00840. The lowest BCUT2D eigenvalue weighted by molar-refractivity contribution is -0.136. The highest BCUT2D eigenvalue weighted by Gasteiger charge is 2.22. The normalized spacial score (nSPS) is 11.0. The third-order valence-electron chi connectivity index (χ3n) is 3.46. The number of esters is 1. The number of aliphatic carboxylic acids is 1. The Morgan fingerprint density at radius 1 is 1.38 bits per heavy atom. The monoisotopic (exact) mass is 351 g/mol. The minimum Gasteiger partial charge on any atom is -0.481 e. The maximum Gasteiger partial charge on any atom is 0.348 e. The molecule has 2 aromatic heterocycles. The lowest BCUT2D eigenvalue weighted by Crippen LogP contribution is -2.22. The molecule has 0 aromatic carbocycles. The largest absolute Gasteiger partial charge is 0.481 e. The Labute approximate surface area is 144 Å². The second kappa shape index (κ2) is 7.57. The summed E-state index contributed by atoms with van der Waals surface area (Å²) in [5.41, 5.74) is 0.765. The maximum atomic E-state index is 12.3. The van der Waals surface area contributed by atoms with E-state index in [4.69, 9.17) is 9.84 Å². The van der Waals surface area contributed by atoms with E-state index in [1.165, 1.54) is 17.7 Å². The Balaban J connectivity index is 2.35. The summed E-state index contributed by atoms with van der Waals surface area (Å²) in [5, 5.41) is 9.61. The highest BCUT2D eigenvalue weighted by molar-refractivity contribution is 7.20. The molecule has 0 amide bonds. The molecular formula is C16H21N3O4S. The van der Waals surface area contributed by atoms with Gasteiger partial charge in [-0.2, -0.15) is 0 Å². The molecule has 130 valence electrons. The number of carbonyl (C=O) groups is 2. The van der Waals surface area contributed by atoms with Gasteiger partial charge in [0.05, 0.1) is 18.4 Å². The van der Waals surface area contributed by atoms with Gasteiger partial charge in [-0.25, -0.2) is 14.8 Å². The van der Waals surface area contributed by atoms with Gasteiger partial charge in [0.2, 0.25) is 0 Å². The summed E-state index contributed by atoms with van der Waals surface area (Å²) in [6.45, 7) is 6.48. The molecule has 2 heterocycles. The van der Waals surface area contributed by atoms with Crippen molar-refractivity contribution in [1.29, 1.82) is 0 Å². The van der Waals surface area contributed by atoms with Gasteiger partial charge in [-0.05, 0) is 18.4 Å². The molecule has 0 aliphatic carbocycles. The first-order valence-corrected chi connectivity index (χ1v) is 8.47. The van der Waals surface area contributed by atoms with Gasteiger partial charge in [0.25, 0.3) is 0 Å². The summed E-state index contributed by atoms with van der Waals surface area (Å²) in [5.74, 6) is -0.338. The van der Waals surface area contributed by atoms with E-state index in [1.807, 2.05) is 20.8 Å². The van der Waals surface area contributed by atoms with Crippen LogP contribution >= 0.6 is 11.3 Å². The zero-order valence-electron chi connectivity index (χ0n) is 14.2. The van der Waals surface area contributed by atoms with Crippen molar-refractivity contribution in [1.82, 2.24) is 9.97 Å². The molecule has 0 bridgehead atoms. The molecule has 8 heteroatoms. The number of nitrogens with zero attached hydrogens (tertiary/aromatic N) is 3. The average Bonchev–Trinajstić information content (AvgIpc) is 2.87. The summed E-state index contributed by atoms with van der Waals surface area (Å²) in [6.07, 6.45) is 1.43. The Kier molecular flexibility index (Phi) is 5.71. The molecule has 0 radical (unpaired) electrons. The smallest absolute Gasteiger partial charge is 0.348 e. The number of thiophene rings is 1. The van der Waals surface area contributed by atoms with Crippen LogP contribution in [0.3, 0.4) is 0 Å². The van der Waals surface area contributed by atoms with E-state index in [0.29, 0.717) is 28.7 Å². The summed E-state index contributed by atoms with van der Waals surface area (Å²) in [6, 6.07) is 0. The summed E-state index contributed by atoms with van der Waals surface area (Å²) in [7, 11) is 1.78. The minimum atomic E-state index is -0.868. The molecule has 0 saturated heterocycles. The van der Waals surface area contributed by atoms with Crippen LogP contribution in [0.2, 0.25) is 0 Å². The highest BCUT2D eigenvalue weighted by atomic mass is 32.1. The molecule has 0 aliphatic heterocycles. The Morgan fingerprint density at radius 2 is 2.08 bits per heavy atom. The molecule has 24 heavy (non-hydrogen) atoms. The molecule has 0 unspecified atom stereocenters. The topological polar surface area (TPSA) is 92.6 Å². The van der Waals surface area contributed by atoms with Crippen molar-refractivity contribution in [2.45, 2.75) is 27.2 Å². The van der Waals surface area contributed by atoms with Crippen LogP contribution in [0.1, 0.15) is 35.5 Å². The predicted octanol–water partition coefficient (Wildman–Crippen LogP) is 2.72. The number of rotatable bonds is 7. The van der Waals surface area contributed by atoms with Crippen molar-refractivity contribution in [3.63, 3.8) is 0 Å². The first-order valence-electron chi connectivity index (χ1n) is 7.65. The van der Waals surface area contributed by atoms with E-state index in [0.717, 1.165) is 10.9 Å². The number of carboxylic acid groups (broad SMARTS) is 1. The van der Waals surface area contributed by atoms with Crippen LogP contribution in [0.25, 0.3) is 10.2 Å². The van der Waals surface area contributed by atoms with E-state index in [2.05, 4.69) is 9.97 Å². The van der Waals surface area contributed by atoms with Crippen molar-refractivity contribution in [3.05, 3.63) is 16.8 Å². The van der Waals surface area contributed by atoms with Crippen LogP contribution in [-0.4, -0.2) is 47.2 Å². The van der Waals surface area contributed by atoms with Gasteiger partial charge in [-0.3, -0.25) is 4.79 Å². The number of hydrogen-bond donors (Lipinski definition) is 1. The van der Waals surface area contributed by atoms with Gasteiger partial charge in [-0.1, -0.05) is 13.8 Å². The van der Waals surface area contributed by atoms with Gasteiger partial charge in [0, 0.05) is 13.6 Å². The third-order valence-corrected chi connectivity index (χ3v) is 4.64. The molecule has 1 N–H and O–H groups in total. The van der Waals surface area contributed by atoms with Gasteiger partial charge >= 0.3 is 11.9 Å². The zero-order chi connectivity index (χ0) is 17.9. The number of ether oxygens (including phenoxy) is 1. The van der Waals surface area contributed by atoms with Crippen LogP contribution < -0.4 is 4.90 Å². The van der Waals surface area contributed by atoms with Crippen molar-refractivity contribution >= 4 is 39.3 Å². The Bertz CT molecular complexity index is 757. The second-order valence-corrected chi connectivity index (χ2v) is 6.99. The standard InChI is InChI=1S/C16H21N3O4S/c1-9(2)7-23-16(22)13-10(3)12-14(17-8-18-15(12)24-13)19(4)6-5-11(20)21/h8-9H,5-7H2,1-4H3,(H,20,21). The molecule has 0 fully saturated rings. The predicted molar refractivity (Wildman–Crippen MR) is 92.8 cm³/mol. The van der Waals surface area contributed by atoms with Crippen molar-refractivity contribution in [2.24, 2.45) is 5.92 Å². The van der Waals surface area contributed by atoms with Crippen LogP contribution in [0, 0.1) is 12.8 Å². The summed E-state index contributed by atoms with van der Waals surface area (Å²) in [4.78, 5) is 34.5. The number of hydrogen-bond acceptors (Lipinski definition) is 7. The fourth-order valence-electron chi connectivity index (χ4n) is 2.21. The van der Waals surface area contributed by atoms with Crippen molar-refractivity contribution < 1.29 is 19.4 Å². The quantitative estimate of drug-likeness (QED) is 0.767. The molecule has 0 atom stereocenters. The van der Waals surface area contributed by atoms with E-state index >= 15 is 0 Å². The molecule has 7 nitrogen and oxygen atoms in total. The lowest BCUT2D eigenvalue weighted by Gasteiger charge is -2.18. The number of carbonyl (C=O) groups excluding carboxylic acids is 1. The van der Waals surface area contributed by atoms with Crippen LogP contribution in [0.4, 0.5) is 5.82 Å². The van der Waals surface area contributed by atoms with E-state index in [1.54, 1.807) is 11.9 Å². The number of aryl methyl sites for hydroxylation is 1. The zero-order valence-corrected chi connectivity index (χ0v) is 15.0. The molecule has 0 spiro atoms. The van der Waals surface area contributed by atoms with Crippen LogP contribution in [0.5, 0.6) is 0 Å². The van der Waals surface area contributed by atoms with Crippen molar-refractivity contribution in [3.8, 4) is 0 Å². The Hall–Kier alpha value is -2.22. The fourth-order valence-corrected chi connectivity index (χ4v) is 3.25. The number of aromatic nitrogens is 2. The molecule has 0 saturated carbocycles. The SMILES string of the molecule is Cc1c(C(=O)OCC(C)C)sc2ncnc(N(C)CCC(=O)O)c12. The number of anilines is 1. The molecule has 2 rings (SSSR count). The first kappa shape index (κ1) is 18.1. The lowest BCUT2D eigenvalue weighted by atomic mass is 10.2. The fraction of sp³-hybridized carbons (Fsp3) is 0.500. The van der Waals surface area contributed by atoms with Gasteiger partial charge in [-0.15, -0.1) is 11.3 Å².